The number of rotatable bonds is 3. The van der Waals surface area contributed by atoms with Gasteiger partial charge in [-0.15, -0.1) is 0 Å². The summed E-state index contributed by atoms with van der Waals surface area (Å²) < 4.78 is 0. The molecule has 20 heavy (non-hydrogen) atoms. The van der Waals surface area contributed by atoms with E-state index in [4.69, 9.17) is 5.73 Å². The second-order valence-corrected chi connectivity index (χ2v) is 4.85. The van der Waals surface area contributed by atoms with E-state index in [0.717, 1.165) is 11.1 Å². The third kappa shape index (κ3) is 2.91. The van der Waals surface area contributed by atoms with Gasteiger partial charge in [-0.3, -0.25) is 4.79 Å². The van der Waals surface area contributed by atoms with Crippen molar-refractivity contribution < 1.29 is 9.90 Å². The summed E-state index contributed by atoms with van der Waals surface area (Å²) in [6, 6.07) is 12.2. The maximum atomic E-state index is 12.4. The number of phenolic OH excluding ortho intramolecular Hbond substituents is 1. The van der Waals surface area contributed by atoms with Crippen LogP contribution in [0.25, 0.3) is 0 Å². The molecule has 3 N–H and O–H groups in total. The molecule has 0 aliphatic heterocycles. The Morgan fingerprint density at radius 2 is 1.85 bits per heavy atom. The Morgan fingerprint density at radius 3 is 2.50 bits per heavy atom. The van der Waals surface area contributed by atoms with Crippen molar-refractivity contribution >= 4 is 11.6 Å². The minimum Gasteiger partial charge on any atom is -0.508 e. The molecule has 0 heterocycles. The number of nitrogens with zero attached hydrogens (tertiary/aromatic N) is 1. The summed E-state index contributed by atoms with van der Waals surface area (Å²) in [5, 5.41) is 9.25. The van der Waals surface area contributed by atoms with Crippen LogP contribution in [0.1, 0.15) is 21.5 Å². The molecule has 0 unspecified atom stereocenters. The van der Waals surface area contributed by atoms with Crippen LogP contribution in [0.4, 0.5) is 5.69 Å². The molecular formula is C16H18N2O2. The smallest absolute Gasteiger partial charge is 0.254 e. The Balaban J connectivity index is 2.16. The zero-order valence-corrected chi connectivity index (χ0v) is 11.6. The molecule has 0 saturated heterocycles. The SMILES string of the molecule is Cc1c(N)cccc1C(=O)N(C)Cc1ccc(O)cc1. The van der Waals surface area contributed by atoms with Crippen LogP contribution in [0.5, 0.6) is 5.75 Å². The van der Waals surface area contributed by atoms with Gasteiger partial charge in [0.05, 0.1) is 0 Å². The van der Waals surface area contributed by atoms with Gasteiger partial charge in [-0.25, -0.2) is 0 Å². The summed E-state index contributed by atoms with van der Waals surface area (Å²) in [7, 11) is 1.75. The van der Waals surface area contributed by atoms with E-state index in [1.165, 1.54) is 0 Å². The molecule has 0 fully saturated rings. The number of carbonyl (C=O) groups is 1. The monoisotopic (exact) mass is 270 g/mol. The minimum absolute atomic E-state index is 0.0668. The number of amides is 1. The molecule has 1 amide bonds. The summed E-state index contributed by atoms with van der Waals surface area (Å²) in [6.45, 7) is 2.32. The molecule has 0 saturated carbocycles. The van der Waals surface area contributed by atoms with Crippen LogP contribution in [-0.2, 0) is 6.54 Å². The number of phenols is 1. The van der Waals surface area contributed by atoms with Crippen LogP contribution in [-0.4, -0.2) is 23.0 Å². The fourth-order valence-electron chi connectivity index (χ4n) is 2.04. The predicted octanol–water partition coefficient (Wildman–Crippen LogP) is 2.56. The maximum Gasteiger partial charge on any atom is 0.254 e. The third-order valence-corrected chi connectivity index (χ3v) is 3.31. The zero-order chi connectivity index (χ0) is 14.7. The van der Waals surface area contributed by atoms with Crippen LogP contribution < -0.4 is 5.73 Å². The lowest BCUT2D eigenvalue weighted by Gasteiger charge is -2.19. The van der Waals surface area contributed by atoms with E-state index in [9.17, 15) is 9.90 Å². The molecule has 0 aliphatic carbocycles. The quantitative estimate of drug-likeness (QED) is 0.842. The number of anilines is 1. The Labute approximate surface area is 118 Å². The molecule has 0 aromatic heterocycles. The van der Waals surface area contributed by atoms with Crippen LogP contribution in [0, 0.1) is 6.92 Å². The van der Waals surface area contributed by atoms with Crippen molar-refractivity contribution in [2.45, 2.75) is 13.5 Å². The Hall–Kier alpha value is -2.49. The number of benzene rings is 2. The molecule has 4 heteroatoms. The van der Waals surface area contributed by atoms with Gasteiger partial charge >= 0.3 is 0 Å². The number of nitrogen functional groups attached to an aromatic ring is 1. The fourth-order valence-corrected chi connectivity index (χ4v) is 2.04. The van der Waals surface area contributed by atoms with Crippen molar-refractivity contribution in [2.24, 2.45) is 0 Å². The summed E-state index contributed by atoms with van der Waals surface area (Å²) in [6.07, 6.45) is 0. The average Bonchev–Trinajstić information content (AvgIpc) is 2.43. The van der Waals surface area contributed by atoms with Crippen molar-refractivity contribution in [1.82, 2.24) is 4.90 Å². The topological polar surface area (TPSA) is 66.6 Å². The first-order valence-corrected chi connectivity index (χ1v) is 6.37. The highest BCUT2D eigenvalue weighted by Gasteiger charge is 2.15. The lowest BCUT2D eigenvalue weighted by atomic mass is 10.1. The highest BCUT2D eigenvalue weighted by Crippen LogP contribution is 2.18. The number of aromatic hydroxyl groups is 1. The molecule has 0 aliphatic rings. The summed E-state index contributed by atoms with van der Waals surface area (Å²) in [5.41, 5.74) is 8.83. The van der Waals surface area contributed by atoms with E-state index in [1.54, 1.807) is 54.4 Å². The summed E-state index contributed by atoms with van der Waals surface area (Å²) >= 11 is 0. The maximum absolute atomic E-state index is 12.4. The van der Waals surface area contributed by atoms with Gasteiger partial charge in [-0.05, 0) is 42.3 Å². The minimum atomic E-state index is -0.0668. The lowest BCUT2D eigenvalue weighted by molar-refractivity contribution is 0.0784. The molecular weight excluding hydrogens is 252 g/mol. The van der Waals surface area contributed by atoms with E-state index in [1.807, 2.05) is 6.92 Å². The zero-order valence-electron chi connectivity index (χ0n) is 11.6. The number of hydrogen-bond acceptors (Lipinski definition) is 3. The van der Waals surface area contributed by atoms with E-state index in [0.29, 0.717) is 17.8 Å². The Bertz CT molecular complexity index is 621. The lowest BCUT2D eigenvalue weighted by Crippen LogP contribution is -2.27. The first-order valence-electron chi connectivity index (χ1n) is 6.37. The average molecular weight is 270 g/mol. The molecule has 4 nitrogen and oxygen atoms in total. The molecule has 0 radical (unpaired) electrons. The molecule has 0 bridgehead atoms. The molecule has 0 spiro atoms. The molecule has 104 valence electrons. The van der Waals surface area contributed by atoms with E-state index < -0.39 is 0 Å². The van der Waals surface area contributed by atoms with Gasteiger partial charge in [-0.2, -0.15) is 0 Å². The first-order chi connectivity index (χ1) is 9.49. The highest BCUT2D eigenvalue weighted by molar-refractivity contribution is 5.96. The summed E-state index contributed by atoms with van der Waals surface area (Å²) in [4.78, 5) is 14.0. The molecule has 0 atom stereocenters. The third-order valence-electron chi connectivity index (χ3n) is 3.31. The molecule has 2 aromatic carbocycles. The van der Waals surface area contributed by atoms with Gasteiger partial charge in [0, 0.05) is 24.8 Å². The van der Waals surface area contributed by atoms with E-state index in [2.05, 4.69) is 0 Å². The van der Waals surface area contributed by atoms with Gasteiger partial charge in [-0.1, -0.05) is 18.2 Å². The molecule has 2 aromatic rings. The van der Waals surface area contributed by atoms with Crippen LogP contribution in [0.3, 0.4) is 0 Å². The highest BCUT2D eigenvalue weighted by atomic mass is 16.3. The summed E-state index contributed by atoms with van der Waals surface area (Å²) in [5.74, 6) is 0.150. The van der Waals surface area contributed by atoms with Gasteiger partial charge in [0.1, 0.15) is 5.75 Å². The standard InChI is InChI=1S/C16H18N2O2/c1-11-14(4-3-5-15(11)17)16(20)18(2)10-12-6-8-13(19)9-7-12/h3-9,19H,10,17H2,1-2H3. The van der Waals surface area contributed by atoms with E-state index in [-0.39, 0.29) is 11.7 Å². The van der Waals surface area contributed by atoms with Crippen molar-refractivity contribution in [3.63, 3.8) is 0 Å². The van der Waals surface area contributed by atoms with Crippen LogP contribution >= 0.6 is 0 Å². The second-order valence-electron chi connectivity index (χ2n) is 4.85. The number of carbonyl (C=O) groups excluding carboxylic acids is 1. The van der Waals surface area contributed by atoms with Crippen molar-refractivity contribution in [3.05, 3.63) is 59.2 Å². The Kier molecular flexibility index (Phi) is 3.94. The predicted molar refractivity (Wildman–Crippen MR) is 79.5 cm³/mol. The van der Waals surface area contributed by atoms with Gasteiger partial charge in [0.15, 0.2) is 0 Å². The van der Waals surface area contributed by atoms with Crippen molar-refractivity contribution in [2.75, 3.05) is 12.8 Å². The van der Waals surface area contributed by atoms with E-state index >= 15 is 0 Å². The first kappa shape index (κ1) is 13.9. The van der Waals surface area contributed by atoms with Gasteiger partial charge in [0.25, 0.3) is 5.91 Å². The van der Waals surface area contributed by atoms with Gasteiger partial charge in [0.2, 0.25) is 0 Å². The number of nitrogens with two attached hydrogens (primary N) is 1. The van der Waals surface area contributed by atoms with Gasteiger partial charge < -0.3 is 15.7 Å². The Morgan fingerprint density at radius 1 is 1.20 bits per heavy atom. The van der Waals surface area contributed by atoms with Crippen LogP contribution in [0.15, 0.2) is 42.5 Å². The largest absolute Gasteiger partial charge is 0.508 e. The van der Waals surface area contributed by atoms with Crippen LogP contribution in [0.2, 0.25) is 0 Å². The van der Waals surface area contributed by atoms with Crippen molar-refractivity contribution in [1.29, 1.82) is 0 Å². The van der Waals surface area contributed by atoms with Crippen molar-refractivity contribution in [3.8, 4) is 5.75 Å². The molecule has 2 rings (SSSR count). The normalized spacial score (nSPS) is 10.3. The second kappa shape index (κ2) is 5.65. The fraction of sp³-hybridized carbons (Fsp3) is 0.188. The number of hydrogen-bond donors (Lipinski definition) is 2.